The molecule has 2 atom stereocenters. The van der Waals surface area contributed by atoms with Gasteiger partial charge in [-0.1, -0.05) is 12.1 Å². The summed E-state index contributed by atoms with van der Waals surface area (Å²) in [5.41, 5.74) is 2.70. The van der Waals surface area contributed by atoms with Crippen LogP contribution in [0.2, 0.25) is 0 Å². The van der Waals surface area contributed by atoms with Crippen molar-refractivity contribution in [3.8, 4) is 11.4 Å². The van der Waals surface area contributed by atoms with E-state index in [1.807, 2.05) is 62.4 Å². The zero-order valence-corrected chi connectivity index (χ0v) is 18.5. The average molecular weight is 434 g/mol. The molecule has 8 nitrogen and oxygen atoms in total. The molecule has 1 aliphatic heterocycles. The van der Waals surface area contributed by atoms with E-state index in [9.17, 15) is 9.59 Å². The molecule has 0 spiro atoms. The number of nitrogens with zero attached hydrogens (tertiary/aromatic N) is 5. The van der Waals surface area contributed by atoms with Crippen LogP contribution < -0.4 is 9.64 Å². The molecule has 0 bridgehead atoms. The van der Waals surface area contributed by atoms with Gasteiger partial charge in [0.25, 0.3) is 0 Å². The summed E-state index contributed by atoms with van der Waals surface area (Å²) in [5, 5.41) is 4.13. The lowest BCUT2D eigenvalue weighted by Crippen LogP contribution is -2.36. The molecule has 0 radical (unpaired) electrons. The molecule has 4 rings (SSSR count). The molecule has 8 heteroatoms. The van der Waals surface area contributed by atoms with Crippen LogP contribution in [0.5, 0.6) is 5.75 Å². The molecule has 32 heavy (non-hydrogen) atoms. The zero-order chi connectivity index (χ0) is 22.7. The molecule has 1 saturated heterocycles. The van der Waals surface area contributed by atoms with Crippen LogP contribution in [0.25, 0.3) is 5.69 Å². The summed E-state index contributed by atoms with van der Waals surface area (Å²) in [6.45, 7) is 4.89. The van der Waals surface area contributed by atoms with Crippen LogP contribution >= 0.6 is 0 Å². The van der Waals surface area contributed by atoms with E-state index in [0.29, 0.717) is 13.2 Å². The SMILES string of the molecule is CCOc1ccc(N2CC(C(=O)N(C)C(C)c3ccc(-n4cncn4)cc3)CC2=O)cc1. The lowest BCUT2D eigenvalue weighted by atomic mass is 10.0. The molecule has 1 aromatic heterocycles. The molecule has 0 aliphatic carbocycles. The first-order chi connectivity index (χ1) is 15.5. The van der Waals surface area contributed by atoms with Gasteiger partial charge in [-0.3, -0.25) is 9.59 Å². The van der Waals surface area contributed by atoms with Gasteiger partial charge in [0.2, 0.25) is 11.8 Å². The topological polar surface area (TPSA) is 80.6 Å². The number of carbonyl (C=O) groups excluding carboxylic acids is 2. The van der Waals surface area contributed by atoms with Crippen molar-refractivity contribution in [3.63, 3.8) is 0 Å². The quantitative estimate of drug-likeness (QED) is 0.571. The fourth-order valence-electron chi connectivity index (χ4n) is 3.96. The molecule has 0 saturated carbocycles. The summed E-state index contributed by atoms with van der Waals surface area (Å²) in [5.74, 6) is 0.334. The number of anilines is 1. The first kappa shape index (κ1) is 21.5. The third-order valence-electron chi connectivity index (χ3n) is 5.92. The second-order valence-electron chi connectivity index (χ2n) is 7.89. The molecular weight excluding hydrogens is 406 g/mol. The molecule has 3 aromatic rings. The highest BCUT2D eigenvalue weighted by Crippen LogP contribution is 2.30. The minimum absolute atomic E-state index is 0.0281. The number of benzene rings is 2. The van der Waals surface area contributed by atoms with E-state index in [4.69, 9.17) is 4.74 Å². The number of aromatic nitrogens is 3. The highest BCUT2D eigenvalue weighted by atomic mass is 16.5. The average Bonchev–Trinajstić information content (AvgIpc) is 3.49. The fraction of sp³-hybridized carbons (Fsp3) is 0.333. The minimum atomic E-state index is -0.365. The lowest BCUT2D eigenvalue weighted by molar-refractivity contribution is -0.136. The van der Waals surface area contributed by atoms with Crippen molar-refractivity contribution in [2.45, 2.75) is 26.3 Å². The van der Waals surface area contributed by atoms with E-state index in [1.54, 1.807) is 27.9 Å². The maximum Gasteiger partial charge on any atom is 0.228 e. The van der Waals surface area contributed by atoms with Crippen LogP contribution in [0.15, 0.2) is 61.2 Å². The first-order valence-electron chi connectivity index (χ1n) is 10.7. The van der Waals surface area contributed by atoms with E-state index in [2.05, 4.69) is 10.1 Å². The van der Waals surface area contributed by atoms with Gasteiger partial charge in [-0.25, -0.2) is 9.67 Å². The predicted octanol–water partition coefficient (Wildman–Crippen LogP) is 3.24. The number of amides is 2. The van der Waals surface area contributed by atoms with Gasteiger partial charge in [0.05, 0.1) is 24.3 Å². The van der Waals surface area contributed by atoms with E-state index >= 15 is 0 Å². The Balaban J connectivity index is 1.41. The van der Waals surface area contributed by atoms with E-state index in [0.717, 1.165) is 22.7 Å². The van der Waals surface area contributed by atoms with Crippen molar-refractivity contribution in [1.29, 1.82) is 0 Å². The van der Waals surface area contributed by atoms with Crippen molar-refractivity contribution < 1.29 is 14.3 Å². The van der Waals surface area contributed by atoms with Gasteiger partial charge in [-0.15, -0.1) is 0 Å². The normalized spacial score (nSPS) is 16.8. The van der Waals surface area contributed by atoms with Crippen LogP contribution in [0.3, 0.4) is 0 Å². The molecule has 2 unspecified atom stereocenters. The summed E-state index contributed by atoms with van der Waals surface area (Å²) in [6.07, 6.45) is 3.35. The third-order valence-corrected chi connectivity index (χ3v) is 5.92. The molecule has 2 aromatic carbocycles. The molecule has 1 fully saturated rings. The molecule has 2 heterocycles. The molecule has 2 amide bonds. The zero-order valence-electron chi connectivity index (χ0n) is 18.5. The maximum atomic E-state index is 13.2. The van der Waals surface area contributed by atoms with Crippen LogP contribution in [-0.4, -0.2) is 51.7 Å². The summed E-state index contributed by atoms with van der Waals surface area (Å²) in [7, 11) is 1.79. The van der Waals surface area contributed by atoms with Gasteiger partial charge >= 0.3 is 0 Å². The minimum Gasteiger partial charge on any atom is -0.494 e. The molecule has 1 aliphatic rings. The van der Waals surface area contributed by atoms with Crippen LogP contribution in [0.4, 0.5) is 5.69 Å². The Bertz CT molecular complexity index is 1060. The Hall–Kier alpha value is -3.68. The number of hydrogen-bond acceptors (Lipinski definition) is 5. The summed E-state index contributed by atoms with van der Waals surface area (Å²) < 4.78 is 7.15. The van der Waals surface area contributed by atoms with Crippen LogP contribution in [-0.2, 0) is 9.59 Å². The van der Waals surface area contributed by atoms with E-state index < -0.39 is 0 Å². The number of hydrogen-bond donors (Lipinski definition) is 0. The molecule has 166 valence electrons. The molecule has 0 N–H and O–H groups in total. The second kappa shape index (κ2) is 9.21. The summed E-state index contributed by atoms with van der Waals surface area (Å²) in [4.78, 5) is 33.2. The van der Waals surface area contributed by atoms with Gasteiger partial charge in [0.1, 0.15) is 18.4 Å². The standard InChI is InChI=1S/C24H27N5O3/c1-4-32-22-11-9-20(10-12-22)28-14-19(13-23(28)30)24(31)27(3)17(2)18-5-7-21(8-6-18)29-16-25-15-26-29/h5-12,15-17,19H,4,13-14H2,1-3H3. The van der Waals surface area contributed by atoms with E-state index in [1.165, 1.54) is 6.33 Å². The van der Waals surface area contributed by atoms with Crippen molar-refractivity contribution >= 4 is 17.5 Å². The van der Waals surface area contributed by atoms with Crippen LogP contribution in [0.1, 0.15) is 31.9 Å². The summed E-state index contributed by atoms with van der Waals surface area (Å²) in [6, 6.07) is 15.2. The Labute approximate surface area is 187 Å². The second-order valence-corrected chi connectivity index (χ2v) is 7.89. The van der Waals surface area contributed by atoms with Gasteiger partial charge in [-0.2, -0.15) is 5.10 Å². The van der Waals surface area contributed by atoms with Gasteiger partial charge in [0.15, 0.2) is 0 Å². The smallest absolute Gasteiger partial charge is 0.228 e. The third kappa shape index (κ3) is 4.34. The van der Waals surface area contributed by atoms with Crippen molar-refractivity contribution in [1.82, 2.24) is 19.7 Å². The van der Waals surface area contributed by atoms with Crippen molar-refractivity contribution in [3.05, 3.63) is 66.7 Å². The van der Waals surface area contributed by atoms with Crippen molar-refractivity contribution in [2.75, 3.05) is 25.1 Å². The highest BCUT2D eigenvalue weighted by molar-refractivity contribution is 6.00. The van der Waals surface area contributed by atoms with Crippen LogP contribution in [0, 0.1) is 5.92 Å². The first-order valence-corrected chi connectivity index (χ1v) is 10.7. The van der Waals surface area contributed by atoms with Gasteiger partial charge < -0.3 is 14.5 Å². The Morgan fingerprint density at radius 2 is 1.84 bits per heavy atom. The Morgan fingerprint density at radius 1 is 1.16 bits per heavy atom. The highest BCUT2D eigenvalue weighted by Gasteiger charge is 2.37. The predicted molar refractivity (Wildman–Crippen MR) is 121 cm³/mol. The Morgan fingerprint density at radius 3 is 2.47 bits per heavy atom. The number of carbonyl (C=O) groups is 2. The fourth-order valence-corrected chi connectivity index (χ4v) is 3.96. The van der Waals surface area contributed by atoms with Gasteiger partial charge in [0, 0.05) is 25.7 Å². The monoisotopic (exact) mass is 433 g/mol. The molecular formula is C24H27N5O3. The van der Waals surface area contributed by atoms with Crippen molar-refractivity contribution in [2.24, 2.45) is 5.92 Å². The van der Waals surface area contributed by atoms with E-state index in [-0.39, 0.29) is 30.2 Å². The largest absolute Gasteiger partial charge is 0.494 e. The number of rotatable bonds is 7. The maximum absolute atomic E-state index is 13.2. The summed E-state index contributed by atoms with van der Waals surface area (Å²) >= 11 is 0. The Kier molecular flexibility index (Phi) is 6.20. The lowest BCUT2D eigenvalue weighted by Gasteiger charge is -2.28. The number of ether oxygens (including phenoxy) is 1. The van der Waals surface area contributed by atoms with Gasteiger partial charge in [-0.05, 0) is 55.8 Å².